The first-order chi connectivity index (χ1) is 18.5. The monoisotopic (exact) mass is 579 g/mol. The fourth-order valence-corrected chi connectivity index (χ4v) is 4.59. The van der Waals surface area contributed by atoms with Crippen LogP contribution in [0.3, 0.4) is 0 Å². The number of hydrogen-bond acceptors (Lipinski definition) is 8. The third-order valence-corrected chi connectivity index (χ3v) is 7.34. The lowest BCUT2D eigenvalue weighted by Gasteiger charge is -2.28. The van der Waals surface area contributed by atoms with E-state index in [9.17, 15) is 19.0 Å². The first-order valence-electron chi connectivity index (χ1n) is 15.2. The van der Waals surface area contributed by atoms with Crippen LogP contribution in [0, 0.1) is 0 Å². The molecule has 0 amide bonds. The minimum atomic E-state index is -4.58. The highest BCUT2D eigenvalue weighted by atomic mass is 31.2. The third kappa shape index (κ3) is 27.0. The van der Waals surface area contributed by atoms with Gasteiger partial charge < -0.3 is 27.9 Å². The van der Waals surface area contributed by atoms with E-state index in [1.807, 2.05) is 28.1 Å². The number of phosphoric acid groups is 1. The molecule has 10 heteroatoms. The van der Waals surface area contributed by atoms with E-state index in [1.54, 1.807) is 0 Å². The van der Waals surface area contributed by atoms with Crippen LogP contribution in [-0.2, 0) is 32.7 Å². The van der Waals surface area contributed by atoms with Crippen LogP contribution in [-0.4, -0.2) is 70.0 Å². The van der Waals surface area contributed by atoms with Gasteiger partial charge in [-0.2, -0.15) is 0 Å². The average molecular weight is 580 g/mol. The van der Waals surface area contributed by atoms with Crippen molar-refractivity contribution in [1.82, 2.24) is 0 Å². The van der Waals surface area contributed by atoms with Gasteiger partial charge in [0.1, 0.15) is 19.8 Å². The molecular formula is C29H58NO8P. The van der Waals surface area contributed by atoms with Gasteiger partial charge in [0, 0.05) is 12.8 Å². The second-order valence-corrected chi connectivity index (χ2v) is 12.9. The Morgan fingerprint density at radius 3 is 1.69 bits per heavy atom. The van der Waals surface area contributed by atoms with Crippen molar-refractivity contribution in [2.75, 3.05) is 47.5 Å². The van der Waals surface area contributed by atoms with Gasteiger partial charge >= 0.3 is 11.9 Å². The van der Waals surface area contributed by atoms with E-state index in [2.05, 4.69) is 6.92 Å². The summed E-state index contributed by atoms with van der Waals surface area (Å²) in [6.07, 6.45) is 16.7. The van der Waals surface area contributed by atoms with Crippen LogP contribution < -0.4 is 4.89 Å². The molecule has 0 N–H and O–H groups in total. The van der Waals surface area contributed by atoms with Crippen LogP contribution >= 0.6 is 7.82 Å². The molecule has 9 nitrogen and oxygen atoms in total. The number of nitrogens with zero attached hydrogens (tertiary/aromatic N) is 1. The maximum absolute atomic E-state index is 12.4. The Kier molecular flexibility index (Phi) is 23.1. The first kappa shape index (κ1) is 38.0. The van der Waals surface area contributed by atoms with E-state index in [-0.39, 0.29) is 26.1 Å². The van der Waals surface area contributed by atoms with Crippen molar-refractivity contribution in [3.63, 3.8) is 0 Å². The van der Waals surface area contributed by atoms with Gasteiger partial charge in [-0.1, -0.05) is 97.3 Å². The smallest absolute Gasteiger partial charge is 0.306 e. The quantitative estimate of drug-likeness (QED) is 0.0481. The zero-order chi connectivity index (χ0) is 29.4. The highest BCUT2D eigenvalue weighted by Crippen LogP contribution is 2.38. The highest BCUT2D eigenvalue weighted by molar-refractivity contribution is 7.45. The second-order valence-electron chi connectivity index (χ2n) is 11.5. The van der Waals surface area contributed by atoms with Crippen LogP contribution in [0.15, 0.2) is 0 Å². The van der Waals surface area contributed by atoms with E-state index >= 15 is 0 Å². The number of phosphoric ester groups is 1. The fourth-order valence-electron chi connectivity index (χ4n) is 3.87. The van der Waals surface area contributed by atoms with Gasteiger partial charge in [0.05, 0.1) is 27.7 Å². The maximum atomic E-state index is 12.4. The second kappa shape index (κ2) is 23.7. The van der Waals surface area contributed by atoms with E-state index in [4.69, 9.17) is 18.5 Å². The number of unbranched alkanes of at least 4 members (excludes halogenated alkanes) is 13. The SMILES string of the molecule is CCCCCCCCCCCCCCCC(=O)O[C@H](COC(=O)CCCC)COP(=O)([O-])OCC[N+](C)(C)C. The molecule has 0 saturated carbocycles. The maximum Gasteiger partial charge on any atom is 0.306 e. The van der Waals surface area contributed by atoms with E-state index < -0.39 is 32.5 Å². The molecule has 0 radical (unpaired) electrons. The summed E-state index contributed by atoms with van der Waals surface area (Å²) < 4.78 is 33.1. The van der Waals surface area contributed by atoms with Gasteiger partial charge in [0.2, 0.25) is 0 Å². The number of quaternary nitrogens is 1. The van der Waals surface area contributed by atoms with Gasteiger partial charge in [-0.05, 0) is 12.8 Å². The van der Waals surface area contributed by atoms with Crippen LogP contribution in [0.25, 0.3) is 0 Å². The lowest BCUT2D eigenvalue weighted by atomic mass is 10.0. The molecule has 2 atom stereocenters. The third-order valence-electron chi connectivity index (χ3n) is 6.38. The Balaban J connectivity index is 4.30. The lowest BCUT2D eigenvalue weighted by Crippen LogP contribution is -2.37. The summed E-state index contributed by atoms with van der Waals surface area (Å²) in [5.41, 5.74) is 0. The summed E-state index contributed by atoms with van der Waals surface area (Å²) in [6.45, 7) is 3.93. The number of esters is 2. The molecule has 0 spiro atoms. The van der Waals surface area contributed by atoms with Gasteiger partial charge in [-0.25, -0.2) is 0 Å². The van der Waals surface area contributed by atoms with Gasteiger partial charge in [0.25, 0.3) is 7.82 Å². The molecule has 0 aromatic heterocycles. The molecule has 0 bridgehead atoms. The van der Waals surface area contributed by atoms with Crippen molar-refractivity contribution >= 4 is 19.8 Å². The predicted molar refractivity (Wildman–Crippen MR) is 153 cm³/mol. The lowest BCUT2D eigenvalue weighted by molar-refractivity contribution is -0.870. The van der Waals surface area contributed by atoms with Crippen LogP contribution in [0.4, 0.5) is 0 Å². The molecule has 0 aliphatic carbocycles. The molecule has 0 heterocycles. The Morgan fingerprint density at radius 2 is 1.18 bits per heavy atom. The van der Waals surface area contributed by atoms with Crippen molar-refractivity contribution in [2.45, 2.75) is 129 Å². The zero-order valence-electron chi connectivity index (χ0n) is 25.6. The van der Waals surface area contributed by atoms with Gasteiger partial charge in [-0.15, -0.1) is 0 Å². The minimum Gasteiger partial charge on any atom is -0.756 e. The standard InChI is InChI=1S/C29H58NO8P/c1-6-8-10-11-12-13-14-15-16-17-18-19-20-22-29(32)38-27(25-35-28(31)21-9-7-2)26-37-39(33,34)36-24-23-30(3,4)5/h27H,6-26H2,1-5H3/t27-/m1/s1. The predicted octanol–water partition coefficient (Wildman–Crippen LogP) is 6.32. The van der Waals surface area contributed by atoms with Crippen molar-refractivity contribution < 1.29 is 42.1 Å². The minimum absolute atomic E-state index is 0.0280. The van der Waals surface area contributed by atoms with Crippen molar-refractivity contribution in [3.05, 3.63) is 0 Å². The summed E-state index contributed by atoms with van der Waals surface area (Å²) in [4.78, 5) is 36.4. The Morgan fingerprint density at radius 1 is 0.692 bits per heavy atom. The average Bonchev–Trinajstić information content (AvgIpc) is 2.86. The molecular weight excluding hydrogens is 521 g/mol. The molecule has 1 unspecified atom stereocenters. The molecule has 0 aliphatic heterocycles. The molecule has 0 aromatic carbocycles. The largest absolute Gasteiger partial charge is 0.756 e. The van der Waals surface area contributed by atoms with E-state index in [0.717, 1.165) is 19.3 Å². The van der Waals surface area contributed by atoms with Crippen molar-refractivity contribution in [3.8, 4) is 0 Å². The summed E-state index contributed by atoms with van der Waals surface area (Å²) >= 11 is 0. The van der Waals surface area contributed by atoms with Crippen molar-refractivity contribution in [1.29, 1.82) is 0 Å². The number of rotatable bonds is 27. The fraction of sp³-hybridized carbons (Fsp3) is 0.931. The highest BCUT2D eigenvalue weighted by Gasteiger charge is 2.21. The molecule has 0 fully saturated rings. The molecule has 0 aliphatic rings. The van der Waals surface area contributed by atoms with Crippen LogP contribution in [0.1, 0.15) is 123 Å². The molecule has 0 aromatic rings. The first-order valence-corrected chi connectivity index (χ1v) is 16.7. The molecule has 232 valence electrons. The van der Waals surface area contributed by atoms with E-state index in [0.29, 0.717) is 23.9 Å². The molecule has 0 saturated heterocycles. The van der Waals surface area contributed by atoms with Crippen LogP contribution in [0.2, 0.25) is 0 Å². The molecule has 0 rings (SSSR count). The number of hydrogen-bond donors (Lipinski definition) is 0. The van der Waals surface area contributed by atoms with E-state index in [1.165, 1.54) is 64.2 Å². The Labute approximate surface area is 238 Å². The number of carbonyl (C=O) groups is 2. The molecule has 39 heavy (non-hydrogen) atoms. The summed E-state index contributed by atoms with van der Waals surface area (Å²) in [7, 11) is 1.17. The summed E-state index contributed by atoms with van der Waals surface area (Å²) in [5.74, 6) is -0.873. The summed E-state index contributed by atoms with van der Waals surface area (Å²) in [5, 5.41) is 0. The zero-order valence-corrected chi connectivity index (χ0v) is 26.5. The van der Waals surface area contributed by atoms with Crippen molar-refractivity contribution in [2.24, 2.45) is 0 Å². The van der Waals surface area contributed by atoms with Gasteiger partial charge in [0.15, 0.2) is 6.10 Å². The topological polar surface area (TPSA) is 111 Å². The number of likely N-dealkylation sites (N-methyl/N-ethyl adjacent to an activating group) is 1. The van der Waals surface area contributed by atoms with Crippen LogP contribution in [0.5, 0.6) is 0 Å². The Hall–Kier alpha value is -0.990. The normalized spacial score (nSPS) is 14.1. The van der Waals surface area contributed by atoms with Gasteiger partial charge in [-0.3, -0.25) is 14.2 Å². The number of ether oxygens (including phenoxy) is 2. The number of carbonyl (C=O) groups excluding carboxylic acids is 2. The Bertz CT molecular complexity index is 668. The summed E-state index contributed by atoms with van der Waals surface area (Å²) in [6, 6.07) is 0.